The molecule has 0 saturated carbocycles. The van der Waals surface area contributed by atoms with Crippen LogP contribution in [0.15, 0.2) is 53.9 Å². The first-order valence-corrected chi connectivity index (χ1v) is 13.0. The van der Waals surface area contributed by atoms with Gasteiger partial charge in [0, 0.05) is 68.0 Å². The minimum atomic E-state index is -3.65. The van der Waals surface area contributed by atoms with E-state index in [1.54, 1.807) is 36.8 Å². The van der Waals surface area contributed by atoms with Gasteiger partial charge in [0.15, 0.2) is 5.88 Å². The van der Waals surface area contributed by atoms with Gasteiger partial charge in [-0.1, -0.05) is 0 Å². The first kappa shape index (κ1) is 26.6. The molecule has 5 rings (SSSR count). The number of aromatic amines is 2. The lowest BCUT2D eigenvalue weighted by Crippen LogP contribution is -2.47. The Kier molecular flexibility index (Phi) is 7.83. The van der Waals surface area contributed by atoms with Gasteiger partial charge < -0.3 is 25.3 Å². The average Bonchev–Trinajstić information content (AvgIpc) is 3.50. The summed E-state index contributed by atoms with van der Waals surface area (Å²) in [6, 6.07) is 8.14. The van der Waals surface area contributed by atoms with Crippen LogP contribution in [-0.2, 0) is 16.4 Å². The second kappa shape index (κ2) is 10.9. The molecule has 0 atom stereocenters. The molecule has 11 nitrogen and oxygen atoms in total. The van der Waals surface area contributed by atoms with Crippen molar-refractivity contribution < 1.29 is 18.3 Å². The number of imidazole rings is 1. The second-order valence-electron chi connectivity index (χ2n) is 8.76. The van der Waals surface area contributed by atoms with Crippen molar-refractivity contribution in [3.8, 4) is 17.1 Å². The molecule has 1 amide bonds. The smallest absolute Gasteiger partial charge is 0.251 e. The molecular weight excluding hydrogens is 518 g/mol. The number of fused-ring (bicyclic) bond motifs is 1. The summed E-state index contributed by atoms with van der Waals surface area (Å²) in [7, 11) is -1.69. The molecule has 1 aromatic carbocycles. The molecule has 0 aliphatic carbocycles. The van der Waals surface area contributed by atoms with Gasteiger partial charge in [0.2, 0.25) is 10.0 Å². The van der Waals surface area contributed by atoms with Crippen molar-refractivity contribution in [2.75, 3.05) is 39.8 Å². The number of H-pyrrole nitrogens is 2. The Balaban J connectivity index is 0.00000320. The third-order valence-corrected chi connectivity index (χ3v) is 8.24. The number of piperazine rings is 1. The number of benzene rings is 1. The van der Waals surface area contributed by atoms with Crippen LogP contribution in [0.3, 0.4) is 0 Å². The summed E-state index contributed by atoms with van der Waals surface area (Å²) in [5, 5.41) is 14.1. The Morgan fingerprint density at radius 3 is 2.59 bits per heavy atom. The van der Waals surface area contributed by atoms with E-state index in [-0.39, 0.29) is 29.1 Å². The van der Waals surface area contributed by atoms with Crippen molar-refractivity contribution >= 4 is 39.2 Å². The highest BCUT2D eigenvalue weighted by molar-refractivity contribution is 7.89. The Morgan fingerprint density at radius 1 is 1.14 bits per heavy atom. The van der Waals surface area contributed by atoms with Crippen molar-refractivity contribution in [1.82, 2.24) is 34.5 Å². The molecule has 0 radical (unpaired) electrons. The van der Waals surface area contributed by atoms with Crippen molar-refractivity contribution in [2.45, 2.75) is 11.3 Å². The summed E-state index contributed by atoms with van der Waals surface area (Å²) < 4.78 is 27.5. The van der Waals surface area contributed by atoms with Gasteiger partial charge in [-0.25, -0.2) is 13.4 Å². The van der Waals surface area contributed by atoms with Crippen LogP contribution in [0.4, 0.5) is 0 Å². The molecule has 4 aromatic rings. The third-order valence-electron chi connectivity index (χ3n) is 6.36. The predicted octanol–water partition coefficient (Wildman–Crippen LogP) is 1.99. The fourth-order valence-corrected chi connectivity index (χ4v) is 5.64. The Bertz CT molecular complexity index is 1480. The van der Waals surface area contributed by atoms with Gasteiger partial charge >= 0.3 is 0 Å². The van der Waals surface area contributed by atoms with Crippen LogP contribution in [0.1, 0.15) is 16.1 Å². The molecule has 0 bridgehead atoms. The molecule has 4 N–H and O–H groups in total. The molecule has 0 unspecified atom stereocenters. The van der Waals surface area contributed by atoms with E-state index in [2.05, 4.69) is 30.2 Å². The van der Waals surface area contributed by atoms with Crippen molar-refractivity contribution in [1.29, 1.82) is 0 Å². The van der Waals surface area contributed by atoms with Gasteiger partial charge in [-0.15, -0.1) is 12.4 Å². The lowest BCUT2D eigenvalue weighted by atomic mass is 10.1. The SMILES string of the molecule is CN1CCN(S(=O)(=O)c2ccc(-c3c(O)[nH]c4ccc(C(=O)NCCc5c[nH]cn5)cc34)nc2)CC1.Cl. The molecule has 1 saturated heterocycles. The summed E-state index contributed by atoms with van der Waals surface area (Å²) in [5.74, 6) is -0.357. The Hall–Kier alpha value is -3.45. The summed E-state index contributed by atoms with van der Waals surface area (Å²) in [6.07, 6.45) is 5.28. The lowest BCUT2D eigenvalue weighted by molar-refractivity contribution is 0.0954. The molecule has 1 fully saturated rings. The largest absolute Gasteiger partial charge is 0.494 e. The highest BCUT2D eigenvalue weighted by atomic mass is 35.5. The number of sulfonamides is 1. The minimum Gasteiger partial charge on any atom is -0.494 e. The van der Waals surface area contributed by atoms with E-state index in [4.69, 9.17) is 0 Å². The topological polar surface area (TPSA) is 147 Å². The monoisotopic (exact) mass is 545 g/mol. The number of aromatic nitrogens is 4. The number of carbonyl (C=O) groups excluding carboxylic acids is 1. The molecule has 4 heterocycles. The van der Waals surface area contributed by atoms with Crippen molar-refractivity contribution in [2.24, 2.45) is 0 Å². The number of aromatic hydroxyl groups is 1. The maximum atomic E-state index is 13.0. The molecule has 3 aromatic heterocycles. The van der Waals surface area contributed by atoms with Crippen LogP contribution >= 0.6 is 12.4 Å². The quantitative estimate of drug-likeness (QED) is 0.277. The highest BCUT2D eigenvalue weighted by Gasteiger charge is 2.28. The van der Waals surface area contributed by atoms with Gasteiger partial charge in [-0.3, -0.25) is 9.78 Å². The zero-order chi connectivity index (χ0) is 25.3. The minimum absolute atomic E-state index is 0. The number of pyridine rings is 1. The molecule has 1 aliphatic rings. The van der Waals surface area contributed by atoms with Crippen molar-refractivity contribution in [3.63, 3.8) is 0 Å². The standard InChI is InChI=1S/C24H27N7O4S.ClH/c1-30-8-10-31(11-9-30)36(34,35)18-3-5-21(27-14-18)22-19-12-16(2-4-20(19)29-24(22)33)23(32)26-7-6-17-13-25-15-28-17;/h2-5,12-15,29,33H,6-11H2,1H3,(H,25,28)(H,26,32);1H. The predicted molar refractivity (Wildman–Crippen MR) is 141 cm³/mol. The average molecular weight is 546 g/mol. The van der Waals surface area contributed by atoms with Gasteiger partial charge in [0.25, 0.3) is 5.91 Å². The normalized spacial score (nSPS) is 14.9. The van der Waals surface area contributed by atoms with Crippen LogP contribution in [0.5, 0.6) is 5.88 Å². The number of hydrogen-bond acceptors (Lipinski definition) is 7. The van der Waals surface area contributed by atoms with E-state index in [0.717, 1.165) is 5.69 Å². The molecule has 37 heavy (non-hydrogen) atoms. The second-order valence-corrected chi connectivity index (χ2v) is 10.7. The summed E-state index contributed by atoms with van der Waals surface area (Å²) in [5.41, 5.74) is 2.71. The Morgan fingerprint density at radius 2 is 1.92 bits per heavy atom. The maximum absolute atomic E-state index is 13.0. The Labute approximate surface area is 220 Å². The number of hydrogen-bond donors (Lipinski definition) is 4. The third kappa shape index (κ3) is 5.47. The van der Waals surface area contributed by atoms with E-state index in [0.29, 0.717) is 66.9 Å². The zero-order valence-electron chi connectivity index (χ0n) is 20.1. The van der Waals surface area contributed by atoms with Crippen LogP contribution in [0.25, 0.3) is 22.2 Å². The van der Waals surface area contributed by atoms with E-state index in [9.17, 15) is 18.3 Å². The number of halogens is 1. The molecule has 1 aliphatic heterocycles. The molecule has 13 heteroatoms. The number of amides is 1. The van der Waals surface area contributed by atoms with Crippen molar-refractivity contribution in [3.05, 3.63) is 60.3 Å². The first-order valence-electron chi connectivity index (χ1n) is 11.6. The molecular formula is C24H28ClN7O4S. The van der Waals surface area contributed by atoms with Crippen LogP contribution in [-0.4, -0.2) is 88.3 Å². The van der Waals surface area contributed by atoms with Crippen LogP contribution < -0.4 is 5.32 Å². The molecule has 0 spiro atoms. The van der Waals surface area contributed by atoms with Crippen LogP contribution in [0, 0.1) is 0 Å². The number of rotatable bonds is 7. The maximum Gasteiger partial charge on any atom is 0.251 e. The number of likely N-dealkylation sites (N-methyl/N-ethyl adjacent to an activating group) is 1. The van der Waals surface area contributed by atoms with E-state index < -0.39 is 10.0 Å². The van der Waals surface area contributed by atoms with E-state index >= 15 is 0 Å². The summed E-state index contributed by atoms with van der Waals surface area (Å²) in [6.45, 7) is 2.63. The summed E-state index contributed by atoms with van der Waals surface area (Å²) in [4.78, 5) is 29.1. The van der Waals surface area contributed by atoms with Gasteiger partial charge in [0.1, 0.15) is 4.90 Å². The van der Waals surface area contributed by atoms with Gasteiger partial charge in [0.05, 0.1) is 23.3 Å². The number of nitrogens with one attached hydrogen (secondary N) is 3. The van der Waals surface area contributed by atoms with Crippen LogP contribution in [0.2, 0.25) is 0 Å². The zero-order valence-corrected chi connectivity index (χ0v) is 21.8. The van der Waals surface area contributed by atoms with E-state index in [1.807, 2.05) is 7.05 Å². The molecule has 196 valence electrons. The number of carbonyl (C=O) groups is 1. The highest BCUT2D eigenvalue weighted by Crippen LogP contribution is 2.36. The van der Waals surface area contributed by atoms with E-state index in [1.165, 1.54) is 16.6 Å². The number of nitrogens with zero attached hydrogens (tertiary/aromatic N) is 4. The lowest BCUT2D eigenvalue weighted by Gasteiger charge is -2.31. The fraction of sp³-hybridized carbons (Fsp3) is 0.292. The first-order chi connectivity index (χ1) is 17.3. The fourth-order valence-electron chi connectivity index (χ4n) is 4.27. The summed E-state index contributed by atoms with van der Waals surface area (Å²) >= 11 is 0. The van der Waals surface area contributed by atoms with Gasteiger partial charge in [-0.05, 0) is 37.4 Å². The van der Waals surface area contributed by atoms with Gasteiger partial charge in [-0.2, -0.15) is 4.31 Å².